The highest BCUT2D eigenvalue weighted by Gasteiger charge is 2.21. The summed E-state index contributed by atoms with van der Waals surface area (Å²) in [5, 5.41) is 10.5. The van der Waals surface area contributed by atoms with Crippen molar-refractivity contribution in [3.05, 3.63) is 5.82 Å². The van der Waals surface area contributed by atoms with Gasteiger partial charge in [-0.2, -0.15) is 9.97 Å². The molecule has 1 aliphatic rings. The molecule has 7 nitrogen and oxygen atoms in total. The van der Waals surface area contributed by atoms with Gasteiger partial charge in [0.15, 0.2) is 5.82 Å². The van der Waals surface area contributed by atoms with Gasteiger partial charge in [-0.3, -0.25) is 5.10 Å². The van der Waals surface area contributed by atoms with Crippen LogP contribution in [0.4, 0.5) is 5.95 Å². The average molecular weight is 262 g/mol. The Morgan fingerprint density at radius 3 is 2.47 bits per heavy atom. The van der Waals surface area contributed by atoms with E-state index in [-0.39, 0.29) is 5.95 Å². The number of aromatic nitrogens is 5. The van der Waals surface area contributed by atoms with Gasteiger partial charge in [0.25, 0.3) is 5.89 Å². The van der Waals surface area contributed by atoms with Crippen LogP contribution in [0.3, 0.4) is 0 Å². The second-order valence-corrected chi connectivity index (χ2v) is 5.04. The molecule has 0 unspecified atom stereocenters. The first-order valence-electron chi connectivity index (χ1n) is 6.85. The van der Waals surface area contributed by atoms with Gasteiger partial charge in [0.1, 0.15) is 0 Å². The molecule has 1 saturated carbocycles. The van der Waals surface area contributed by atoms with E-state index in [2.05, 4.69) is 25.3 Å². The Hall–Kier alpha value is -1.92. The van der Waals surface area contributed by atoms with Crippen molar-refractivity contribution in [2.45, 2.75) is 50.9 Å². The highest BCUT2D eigenvalue weighted by atomic mass is 16.5. The van der Waals surface area contributed by atoms with Crippen molar-refractivity contribution in [3.63, 3.8) is 0 Å². The Morgan fingerprint density at radius 2 is 1.79 bits per heavy atom. The van der Waals surface area contributed by atoms with Gasteiger partial charge in [-0.25, -0.2) is 0 Å². The molecule has 0 atom stereocenters. The smallest absolute Gasteiger partial charge is 0.295 e. The number of aromatic amines is 1. The van der Waals surface area contributed by atoms with E-state index >= 15 is 0 Å². The number of nitrogens with zero attached hydrogens (tertiary/aromatic N) is 4. The van der Waals surface area contributed by atoms with Gasteiger partial charge in [-0.1, -0.05) is 37.3 Å². The Morgan fingerprint density at radius 1 is 1.05 bits per heavy atom. The summed E-state index contributed by atoms with van der Waals surface area (Å²) in [5.41, 5.74) is 5.46. The molecule has 0 radical (unpaired) electrons. The van der Waals surface area contributed by atoms with Crippen LogP contribution in [0.1, 0.15) is 56.7 Å². The van der Waals surface area contributed by atoms with Gasteiger partial charge in [0.2, 0.25) is 11.8 Å². The summed E-state index contributed by atoms with van der Waals surface area (Å²) in [6, 6.07) is 0. The maximum Gasteiger partial charge on any atom is 0.295 e. The largest absolute Gasteiger partial charge is 0.366 e. The van der Waals surface area contributed by atoms with Crippen LogP contribution in [-0.4, -0.2) is 25.3 Å². The van der Waals surface area contributed by atoms with Crippen molar-refractivity contribution < 1.29 is 4.52 Å². The second kappa shape index (κ2) is 5.38. The lowest BCUT2D eigenvalue weighted by Crippen LogP contribution is -2.04. The predicted octanol–water partition coefficient (Wildman–Crippen LogP) is 2.26. The van der Waals surface area contributed by atoms with Crippen LogP contribution in [0.2, 0.25) is 0 Å². The van der Waals surface area contributed by atoms with Gasteiger partial charge in [-0.15, -0.1) is 5.10 Å². The zero-order chi connectivity index (χ0) is 13.1. The molecule has 19 heavy (non-hydrogen) atoms. The molecule has 2 heterocycles. The summed E-state index contributed by atoms with van der Waals surface area (Å²) < 4.78 is 5.24. The predicted molar refractivity (Wildman–Crippen MR) is 69.1 cm³/mol. The molecule has 0 spiro atoms. The minimum atomic E-state index is 0.181. The van der Waals surface area contributed by atoms with Gasteiger partial charge >= 0.3 is 0 Å². The van der Waals surface area contributed by atoms with Gasteiger partial charge in [0.05, 0.1) is 0 Å². The highest BCUT2D eigenvalue weighted by Crippen LogP contribution is 2.30. The van der Waals surface area contributed by atoms with E-state index in [0.717, 1.165) is 18.7 Å². The number of nitrogen functional groups attached to an aromatic ring is 1. The third-order valence-electron chi connectivity index (χ3n) is 3.62. The van der Waals surface area contributed by atoms with Crippen molar-refractivity contribution >= 4 is 5.95 Å². The maximum absolute atomic E-state index is 5.46. The van der Waals surface area contributed by atoms with Gasteiger partial charge < -0.3 is 10.3 Å². The van der Waals surface area contributed by atoms with Crippen LogP contribution in [0.25, 0.3) is 11.7 Å². The number of nitrogens with one attached hydrogen (secondary N) is 1. The van der Waals surface area contributed by atoms with Crippen LogP contribution in [0.5, 0.6) is 0 Å². The Kier molecular flexibility index (Phi) is 3.43. The first kappa shape index (κ1) is 12.1. The number of hydrogen-bond donors (Lipinski definition) is 2. The number of hydrogen-bond acceptors (Lipinski definition) is 6. The highest BCUT2D eigenvalue weighted by molar-refractivity contribution is 5.41. The molecule has 7 heteroatoms. The summed E-state index contributed by atoms with van der Waals surface area (Å²) in [5.74, 6) is 2.16. The fourth-order valence-electron chi connectivity index (χ4n) is 2.58. The van der Waals surface area contributed by atoms with Crippen molar-refractivity contribution in [1.82, 2.24) is 25.3 Å². The Labute approximate surface area is 111 Å². The molecule has 1 aliphatic carbocycles. The quantitative estimate of drug-likeness (QED) is 0.859. The first-order valence-corrected chi connectivity index (χ1v) is 6.85. The van der Waals surface area contributed by atoms with Crippen LogP contribution in [0, 0.1) is 0 Å². The van der Waals surface area contributed by atoms with Crippen molar-refractivity contribution in [1.29, 1.82) is 0 Å². The van der Waals surface area contributed by atoms with Crippen LogP contribution >= 0.6 is 0 Å². The molecular weight excluding hydrogens is 244 g/mol. The zero-order valence-electron chi connectivity index (χ0n) is 10.8. The second-order valence-electron chi connectivity index (χ2n) is 5.04. The molecule has 2 aromatic heterocycles. The lowest BCUT2D eigenvalue weighted by atomic mass is 9.91. The Balaban J connectivity index is 1.76. The van der Waals surface area contributed by atoms with E-state index in [1.54, 1.807) is 0 Å². The van der Waals surface area contributed by atoms with E-state index in [1.807, 2.05) is 0 Å². The molecular formula is C12H18N6O. The summed E-state index contributed by atoms with van der Waals surface area (Å²) in [6.45, 7) is 0. The van der Waals surface area contributed by atoms with E-state index in [1.165, 1.54) is 32.1 Å². The minimum absolute atomic E-state index is 0.181. The maximum atomic E-state index is 5.46. The summed E-state index contributed by atoms with van der Waals surface area (Å²) >= 11 is 0. The van der Waals surface area contributed by atoms with E-state index < -0.39 is 0 Å². The standard InChI is InChI=1S/C12H18N6O/c13-12-15-10(16-17-12)11-14-9(18-19-11)8-6-4-2-1-3-5-7-8/h8H,1-7H2,(H3,13,15,16,17). The molecule has 0 saturated heterocycles. The van der Waals surface area contributed by atoms with Crippen LogP contribution < -0.4 is 5.73 Å². The van der Waals surface area contributed by atoms with E-state index in [4.69, 9.17) is 10.3 Å². The third-order valence-corrected chi connectivity index (χ3v) is 3.62. The molecule has 3 rings (SSSR count). The molecule has 0 bridgehead atoms. The molecule has 102 valence electrons. The summed E-state index contributed by atoms with van der Waals surface area (Å²) in [6.07, 6.45) is 8.71. The molecule has 0 aromatic carbocycles. The molecule has 0 aliphatic heterocycles. The monoisotopic (exact) mass is 262 g/mol. The van der Waals surface area contributed by atoms with E-state index in [0.29, 0.717) is 17.6 Å². The zero-order valence-corrected chi connectivity index (χ0v) is 10.8. The molecule has 1 fully saturated rings. The number of nitrogens with two attached hydrogens (primary N) is 1. The average Bonchev–Trinajstić information content (AvgIpc) is 2.97. The lowest BCUT2D eigenvalue weighted by molar-refractivity contribution is 0.392. The van der Waals surface area contributed by atoms with Gasteiger partial charge in [0, 0.05) is 5.92 Å². The Bertz CT molecular complexity index is 526. The summed E-state index contributed by atoms with van der Waals surface area (Å²) in [4.78, 5) is 8.41. The SMILES string of the molecule is Nc1n[nH]c(-c2nc(C3CCCCCCC3)no2)n1. The lowest BCUT2D eigenvalue weighted by Gasteiger charge is -2.15. The third kappa shape index (κ3) is 2.74. The molecule has 0 amide bonds. The number of rotatable bonds is 2. The topological polar surface area (TPSA) is 107 Å². The van der Waals surface area contributed by atoms with Crippen LogP contribution in [0.15, 0.2) is 4.52 Å². The molecule has 3 N–H and O–H groups in total. The first-order chi connectivity index (χ1) is 9.33. The fourth-order valence-corrected chi connectivity index (χ4v) is 2.58. The normalized spacial score (nSPS) is 18.1. The number of anilines is 1. The van der Waals surface area contributed by atoms with Gasteiger partial charge in [-0.05, 0) is 12.8 Å². The van der Waals surface area contributed by atoms with Crippen molar-refractivity contribution in [2.75, 3.05) is 5.73 Å². The van der Waals surface area contributed by atoms with Crippen molar-refractivity contribution in [2.24, 2.45) is 0 Å². The minimum Gasteiger partial charge on any atom is -0.366 e. The summed E-state index contributed by atoms with van der Waals surface area (Å²) in [7, 11) is 0. The van der Waals surface area contributed by atoms with Crippen molar-refractivity contribution in [3.8, 4) is 11.7 Å². The molecule has 2 aromatic rings. The number of H-pyrrole nitrogens is 1. The fraction of sp³-hybridized carbons (Fsp3) is 0.667. The van der Waals surface area contributed by atoms with Crippen LogP contribution in [-0.2, 0) is 0 Å². The van der Waals surface area contributed by atoms with E-state index in [9.17, 15) is 0 Å².